The predicted octanol–water partition coefficient (Wildman–Crippen LogP) is 3.39. The fraction of sp³-hybridized carbons (Fsp3) is 0.222. The van der Waals surface area contributed by atoms with Crippen LogP contribution in [0.3, 0.4) is 0 Å². The summed E-state index contributed by atoms with van der Waals surface area (Å²) in [7, 11) is 0. The second kappa shape index (κ2) is 6.70. The Morgan fingerprint density at radius 1 is 1.04 bits per heavy atom. The molecule has 26 heavy (non-hydrogen) atoms. The average molecular weight is 392 g/mol. The molecule has 6 nitrogen and oxygen atoms in total. The molecule has 8 heteroatoms. The summed E-state index contributed by atoms with van der Waals surface area (Å²) < 4.78 is 5.26. The number of carbonyl (C=O) groups is 1. The van der Waals surface area contributed by atoms with Gasteiger partial charge in [-0.1, -0.05) is 29.3 Å². The topological polar surface area (TPSA) is 69.6 Å². The van der Waals surface area contributed by atoms with Crippen LogP contribution in [0, 0.1) is 0 Å². The first-order chi connectivity index (χ1) is 12.5. The fourth-order valence-corrected chi connectivity index (χ4v) is 3.47. The van der Waals surface area contributed by atoms with Crippen LogP contribution in [0.5, 0.6) is 0 Å². The minimum atomic E-state index is -0.471. The number of nitrogens with one attached hydrogen (secondary N) is 1. The highest BCUT2D eigenvalue weighted by atomic mass is 35.5. The van der Waals surface area contributed by atoms with E-state index >= 15 is 0 Å². The third-order valence-corrected chi connectivity index (χ3v) is 5.24. The molecule has 1 aliphatic rings. The van der Waals surface area contributed by atoms with Crippen molar-refractivity contribution in [3.63, 3.8) is 0 Å². The van der Waals surface area contributed by atoms with E-state index in [1.807, 2.05) is 12.1 Å². The number of aromatic amines is 1. The van der Waals surface area contributed by atoms with Crippen LogP contribution in [0.4, 0.5) is 5.69 Å². The molecular formula is C18H15Cl2N3O3. The standard InChI is InChI=1S/C18H15Cl2N3O3/c19-12-5-4-11(10-13(12)20)17(24)23-8-6-22(7-9-23)15-3-1-2-14-16(15)26-18(25)21-14/h1-5,10H,6-9H2,(H,21,25). The van der Waals surface area contributed by atoms with E-state index < -0.39 is 5.76 Å². The number of halogens is 2. The van der Waals surface area contributed by atoms with E-state index in [0.29, 0.717) is 52.9 Å². The van der Waals surface area contributed by atoms with Crippen molar-refractivity contribution in [3.8, 4) is 0 Å². The number of rotatable bonds is 2. The summed E-state index contributed by atoms with van der Waals surface area (Å²) in [5.41, 5.74) is 2.58. The van der Waals surface area contributed by atoms with E-state index in [0.717, 1.165) is 5.69 Å². The first-order valence-corrected chi connectivity index (χ1v) is 8.89. The molecule has 1 aromatic heterocycles. The van der Waals surface area contributed by atoms with E-state index in [9.17, 15) is 9.59 Å². The van der Waals surface area contributed by atoms with Gasteiger partial charge in [0.25, 0.3) is 5.91 Å². The number of H-pyrrole nitrogens is 1. The highest BCUT2D eigenvalue weighted by molar-refractivity contribution is 6.42. The van der Waals surface area contributed by atoms with Gasteiger partial charge < -0.3 is 14.2 Å². The zero-order valence-corrected chi connectivity index (χ0v) is 15.2. The molecule has 1 aliphatic heterocycles. The zero-order chi connectivity index (χ0) is 18.3. The smallest absolute Gasteiger partial charge is 0.406 e. The Bertz CT molecular complexity index is 1040. The number of fused-ring (bicyclic) bond motifs is 1. The predicted molar refractivity (Wildman–Crippen MR) is 101 cm³/mol. The molecule has 2 aromatic carbocycles. The maximum absolute atomic E-state index is 12.7. The fourth-order valence-electron chi connectivity index (χ4n) is 3.17. The maximum atomic E-state index is 12.7. The molecule has 1 N–H and O–H groups in total. The van der Waals surface area contributed by atoms with Crippen LogP contribution in [0.1, 0.15) is 10.4 Å². The van der Waals surface area contributed by atoms with Gasteiger partial charge in [0.05, 0.1) is 21.2 Å². The number of anilines is 1. The maximum Gasteiger partial charge on any atom is 0.417 e. The number of hydrogen-bond acceptors (Lipinski definition) is 4. The summed E-state index contributed by atoms with van der Waals surface area (Å²) in [6.07, 6.45) is 0. The van der Waals surface area contributed by atoms with Crippen molar-refractivity contribution in [1.82, 2.24) is 9.88 Å². The summed E-state index contributed by atoms with van der Waals surface area (Å²) in [6.45, 7) is 2.40. The minimum Gasteiger partial charge on any atom is -0.406 e. The van der Waals surface area contributed by atoms with Crippen molar-refractivity contribution in [2.45, 2.75) is 0 Å². The molecule has 0 atom stereocenters. The van der Waals surface area contributed by atoms with Crippen LogP contribution in [0.25, 0.3) is 11.1 Å². The lowest BCUT2D eigenvalue weighted by molar-refractivity contribution is 0.0747. The lowest BCUT2D eigenvalue weighted by atomic mass is 10.1. The molecular weight excluding hydrogens is 377 g/mol. The Labute approximate surface area is 158 Å². The number of carbonyl (C=O) groups excluding carboxylic acids is 1. The van der Waals surface area contributed by atoms with Gasteiger partial charge in [-0.05, 0) is 30.3 Å². The van der Waals surface area contributed by atoms with Gasteiger partial charge in [-0.2, -0.15) is 0 Å². The monoisotopic (exact) mass is 391 g/mol. The molecule has 1 amide bonds. The second-order valence-corrected chi connectivity index (χ2v) is 6.89. The number of para-hydroxylation sites is 1. The van der Waals surface area contributed by atoms with Crippen LogP contribution >= 0.6 is 23.2 Å². The third-order valence-electron chi connectivity index (χ3n) is 4.50. The van der Waals surface area contributed by atoms with E-state index in [1.165, 1.54) is 0 Å². The van der Waals surface area contributed by atoms with Gasteiger partial charge in [0.1, 0.15) is 0 Å². The van der Waals surface area contributed by atoms with Gasteiger partial charge in [-0.25, -0.2) is 4.79 Å². The Kier molecular flexibility index (Phi) is 4.38. The number of benzene rings is 2. The highest BCUT2D eigenvalue weighted by Crippen LogP contribution is 2.27. The average Bonchev–Trinajstić information content (AvgIpc) is 3.03. The van der Waals surface area contributed by atoms with Gasteiger partial charge in [-0.3, -0.25) is 9.78 Å². The Hall–Kier alpha value is -2.44. The van der Waals surface area contributed by atoms with Crippen molar-refractivity contribution in [2.24, 2.45) is 0 Å². The molecule has 3 aromatic rings. The van der Waals surface area contributed by atoms with E-state index in [-0.39, 0.29) is 5.91 Å². The Morgan fingerprint density at radius 2 is 1.81 bits per heavy atom. The molecule has 0 radical (unpaired) electrons. The van der Waals surface area contributed by atoms with Crippen LogP contribution in [0.2, 0.25) is 10.0 Å². The quantitative estimate of drug-likeness (QED) is 0.726. The molecule has 0 aliphatic carbocycles. The van der Waals surface area contributed by atoms with Crippen LogP contribution in [0.15, 0.2) is 45.6 Å². The summed E-state index contributed by atoms with van der Waals surface area (Å²) >= 11 is 11.9. The van der Waals surface area contributed by atoms with Gasteiger partial charge in [0.2, 0.25) is 0 Å². The molecule has 1 saturated heterocycles. The van der Waals surface area contributed by atoms with Crippen molar-refractivity contribution >= 4 is 45.9 Å². The first kappa shape index (κ1) is 17.0. The van der Waals surface area contributed by atoms with E-state index in [2.05, 4.69) is 9.88 Å². The van der Waals surface area contributed by atoms with Crippen molar-refractivity contribution < 1.29 is 9.21 Å². The highest BCUT2D eigenvalue weighted by Gasteiger charge is 2.24. The number of amides is 1. The minimum absolute atomic E-state index is 0.0744. The molecule has 4 rings (SSSR count). The van der Waals surface area contributed by atoms with E-state index in [1.54, 1.807) is 29.2 Å². The molecule has 0 unspecified atom stereocenters. The molecule has 0 spiro atoms. The van der Waals surface area contributed by atoms with Gasteiger partial charge in [-0.15, -0.1) is 0 Å². The molecule has 1 fully saturated rings. The summed E-state index contributed by atoms with van der Waals surface area (Å²) in [5.74, 6) is -0.546. The Balaban J connectivity index is 1.50. The molecule has 2 heterocycles. The summed E-state index contributed by atoms with van der Waals surface area (Å²) in [6, 6.07) is 10.5. The Morgan fingerprint density at radius 3 is 2.54 bits per heavy atom. The lowest BCUT2D eigenvalue weighted by Gasteiger charge is -2.36. The van der Waals surface area contributed by atoms with Gasteiger partial charge in [0, 0.05) is 31.7 Å². The summed E-state index contributed by atoms with van der Waals surface area (Å²) in [4.78, 5) is 30.7. The van der Waals surface area contributed by atoms with E-state index in [4.69, 9.17) is 27.6 Å². The van der Waals surface area contributed by atoms with Crippen molar-refractivity contribution in [2.75, 3.05) is 31.1 Å². The third kappa shape index (κ3) is 3.06. The number of aromatic nitrogens is 1. The van der Waals surface area contributed by atoms with Crippen molar-refractivity contribution in [1.29, 1.82) is 0 Å². The number of piperazine rings is 1. The lowest BCUT2D eigenvalue weighted by Crippen LogP contribution is -2.48. The number of hydrogen-bond donors (Lipinski definition) is 1. The van der Waals surface area contributed by atoms with Gasteiger partial charge in [0.15, 0.2) is 5.58 Å². The zero-order valence-electron chi connectivity index (χ0n) is 13.7. The molecule has 134 valence electrons. The number of oxazole rings is 1. The van der Waals surface area contributed by atoms with Gasteiger partial charge >= 0.3 is 5.76 Å². The second-order valence-electron chi connectivity index (χ2n) is 6.08. The largest absolute Gasteiger partial charge is 0.417 e. The van der Waals surface area contributed by atoms with Crippen LogP contribution < -0.4 is 10.7 Å². The normalized spacial score (nSPS) is 14.8. The first-order valence-electron chi connectivity index (χ1n) is 8.14. The van der Waals surface area contributed by atoms with Crippen LogP contribution in [-0.2, 0) is 0 Å². The number of nitrogens with zero attached hydrogens (tertiary/aromatic N) is 2. The SMILES string of the molecule is O=C(c1ccc(Cl)c(Cl)c1)N1CCN(c2cccc3[nH]c(=O)oc23)CC1. The van der Waals surface area contributed by atoms with Crippen LogP contribution in [-0.4, -0.2) is 42.0 Å². The molecule has 0 saturated carbocycles. The molecule has 0 bridgehead atoms. The van der Waals surface area contributed by atoms with Crippen molar-refractivity contribution in [3.05, 3.63) is 62.6 Å². The summed E-state index contributed by atoms with van der Waals surface area (Å²) in [5, 5.41) is 0.791.